The SMILES string of the molecule is COc1c(C#N)ccc2c1OCC2N. The summed E-state index contributed by atoms with van der Waals surface area (Å²) < 4.78 is 10.5. The van der Waals surface area contributed by atoms with Crippen molar-refractivity contribution in [2.75, 3.05) is 13.7 Å². The topological polar surface area (TPSA) is 68.3 Å². The van der Waals surface area contributed by atoms with Gasteiger partial charge >= 0.3 is 0 Å². The minimum Gasteiger partial charge on any atom is -0.492 e. The van der Waals surface area contributed by atoms with Crippen molar-refractivity contribution in [2.24, 2.45) is 5.73 Å². The first kappa shape index (κ1) is 8.85. The van der Waals surface area contributed by atoms with Crippen LogP contribution in [0.25, 0.3) is 0 Å². The van der Waals surface area contributed by atoms with Gasteiger partial charge in [-0.1, -0.05) is 6.07 Å². The molecule has 4 nitrogen and oxygen atoms in total. The Labute approximate surface area is 81.8 Å². The first-order chi connectivity index (χ1) is 6.77. The van der Waals surface area contributed by atoms with Crippen LogP contribution in [0.1, 0.15) is 17.2 Å². The lowest BCUT2D eigenvalue weighted by Gasteiger charge is -2.07. The van der Waals surface area contributed by atoms with Crippen LogP contribution in [0.15, 0.2) is 12.1 Å². The Kier molecular flexibility index (Phi) is 2.02. The molecule has 1 heterocycles. The summed E-state index contributed by atoms with van der Waals surface area (Å²) in [5.41, 5.74) is 7.17. The van der Waals surface area contributed by atoms with Crippen LogP contribution >= 0.6 is 0 Å². The fraction of sp³-hybridized carbons (Fsp3) is 0.300. The highest BCUT2D eigenvalue weighted by molar-refractivity contribution is 5.58. The Balaban J connectivity index is 2.61. The average molecular weight is 190 g/mol. The highest BCUT2D eigenvalue weighted by Gasteiger charge is 2.25. The predicted molar refractivity (Wildman–Crippen MR) is 50.1 cm³/mol. The lowest BCUT2D eigenvalue weighted by Crippen LogP contribution is -2.10. The molecule has 1 aliphatic rings. The second-order valence-corrected chi connectivity index (χ2v) is 3.09. The van der Waals surface area contributed by atoms with Crippen molar-refractivity contribution in [3.8, 4) is 17.6 Å². The second kappa shape index (κ2) is 3.20. The summed E-state index contributed by atoms with van der Waals surface area (Å²) in [7, 11) is 1.52. The quantitative estimate of drug-likeness (QED) is 0.716. The van der Waals surface area contributed by atoms with Crippen LogP contribution in [-0.2, 0) is 0 Å². The molecule has 0 spiro atoms. The molecule has 0 radical (unpaired) electrons. The fourth-order valence-electron chi connectivity index (χ4n) is 1.57. The van der Waals surface area contributed by atoms with Gasteiger partial charge in [0.15, 0.2) is 11.5 Å². The summed E-state index contributed by atoms with van der Waals surface area (Å²) in [5.74, 6) is 1.09. The Bertz CT molecular complexity index is 409. The number of hydrogen-bond acceptors (Lipinski definition) is 4. The van der Waals surface area contributed by atoms with Crippen molar-refractivity contribution < 1.29 is 9.47 Å². The summed E-state index contributed by atoms with van der Waals surface area (Å²) in [6.07, 6.45) is 0. The second-order valence-electron chi connectivity index (χ2n) is 3.09. The number of nitriles is 1. The van der Waals surface area contributed by atoms with Gasteiger partial charge in [-0.2, -0.15) is 5.26 Å². The first-order valence-corrected chi connectivity index (χ1v) is 4.27. The molecule has 1 aromatic rings. The van der Waals surface area contributed by atoms with Gasteiger partial charge in [0.05, 0.1) is 18.7 Å². The largest absolute Gasteiger partial charge is 0.492 e. The third kappa shape index (κ3) is 1.10. The lowest BCUT2D eigenvalue weighted by molar-refractivity contribution is 0.310. The molecule has 0 bridgehead atoms. The maximum Gasteiger partial charge on any atom is 0.178 e. The number of nitrogens with zero attached hydrogens (tertiary/aromatic N) is 1. The Morgan fingerprint density at radius 2 is 2.43 bits per heavy atom. The Morgan fingerprint density at radius 3 is 3.07 bits per heavy atom. The van der Waals surface area contributed by atoms with Gasteiger partial charge < -0.3 is 15.2 Å². The molecule has 1 unspecified atom stereocenters. The van der Waals surface area contributed by atoms with E-state index in [-0.39, 0.29) is 6.04 Å². The van der Waals surface area contributed by atoms with Crippen LogP contribution in [0, 0.1) is 11.3 Å². The van der Waals surface area contributed by atoms with Gasteiger partial charge in [-0.3, -0.25) is 0 Å². The van der Waals surface area contributed by atoms with Crippen molar-refractivity contribution in [3.05, 3.63) is 23.3 Å². The number of hydrogen-bond donors (Lipinski definition) is 1. The summed E-state index contributed by atoms with van der Waals surface area (Å²) in [6.45, 7) is 0.445. The molecular weight excluding hydrogens is 180 g/mol. The van der Waals surface area contributed by atoms with Crippen molar-refractivity contribution in [2.45, 2.75) is 6.04 Å². The van der Waals surface area contributed by atoms with E-state index in [4.69, 9.17) is 20.5 Å². The molecule has 1 aliphatic heterocycles. The smallest absolute Gasteiger partial charge is 0.178 e. The molecule has 4 heteroatoms. The zero-order valence-electron chi connectivity index (χ0n) is 7.78. The van der Waals surface area contributed by atoms with E-state index >= 15 is 0 Å². The van der Waals surface area contributed by atoms with Gasteiger partial charge in [-0.15, -0.1) is 0 Å². The third-order valence-electron chi connectivity index (χ3n) is 2.27. The third-order valence-corrected chi connectivity index (χ3v) is 2.27. The molecule has 0 aromatic heterocycles. The van der Waals surface area contributed by atoms with E-state index in [1.54, 1.807) is 6.07 Å². The van der Waals surface area contributed by atoms with E-state index in [2.05, 4.69) is 0 Å². The summed E-state index contributed by atoms with van der Waals surface area (Å²) in [6, 6.07) is 5.44. The Morgan fingerprint density at radius 1 is 1.64 bits per heavy atom. The van der Waals surface area contributed by atoms with Gasteiger partial charge in [0.1, 0.15) is 12.7 Å². The van der Waals surface area contributed by atoms with Crippen molar-refractivity contribution in [3.63, 3.8) is 0 Å². The van der Waals surface area contributed by atoms with E-state index in [0.717, 1.165) is 5.56 Å². The van der Waals surface area contributed by atoms with Gasteiger partial charge in [0.2, 0.25) is 0 Å². The molecule has 0 amide bonds. The minimum atomic E-state index is -0.119. The normalized spacial score (nSPS) is 18.2. The molecule has 2 rings (SSSR count). The molecule has 72 valence electrons. The zero-order valence-corrected chi connectivity index (χ0v) is 7.78. The molecule has 0 saturated carbocycles. The van der Waals surface area contributed by atoms with Gasteiger partial charge in [-0.05, 0) is 6.07 Å². The summed E-state index contributed by atoms with van der Waals surface area (Å²) >= 11 is 0. The number of methoxy groups -OCH3 is 1. The molecule has 1 aromatic carbocycles. The Hall–Kier alpha value is -1.73. The van der Waals surface area contributed by atoms with Crippen LogP contribution < -0.4 is 15.2 Å². The summed E-state index contributed by atoms with van der Waals surface area (Å²) in [4.78, 5) is 0. The molecule has 0 aliphatic carbocycles. The lowest BCUT2D eigenvalue weighted by atomic mass is 10.1. The van der Waals surface area contributed by atoms with E-state index in [9.17, 15) is 0 Å². The number of ether oxygens (including phenoxy) is 2. The average Bonchev–Trinajstić information content (AvgIpc) is 2.59. The molecule has 2 N–H and O–H groups in total. The standard InChI is InChI=1S/C10H10N2O2/c1-13-9-6(4-11)2-3-7-8(12)5-14-10(7)9/h2-3,8H,5,12H2,1H3. The van der Waals surface area contributed by atoms with Gasteiger partial charge in [0.25, 0.3) is 0 Å². The highest BCUT2D eigenvalue weighted by Crippen LogP contribution is 2.41. The van der Waals surface area contributed by atoms with E-state index in [1.165, 1.54) is 7.11 Å². The zero-order chi connectivity index (χ0) is 10.1. The maximum absolute atomic E-state index is 8.83. The van der Waals surface area contributed by atoms with E-state index < -0.39 is 0 Å². The number of rotatable bonds is 1. The first-order valence-electron chi connectivity index (χ1n) is 4.27. The molecule has 0 fully saturated rings. The molecule has 14 heavy (non-hydrogen) atoms. The summed E-state index contributed by atoms with van der Waals surface area (Å²) in [5, 5.41) is 8.83. The highest BCUT2D eigenvalue weighted by atomic mass is 16.5. The van der Waals surface area contributed by atoms with Crippen LogP contribution in [0.4, 0.5) is 0 Å². The van der Waals surface area contributed by atoms with Crippen molar-refractivity contribution >= 4 is 0 Å². The molecule has 1 atom stereocenters. The van der Waals surface area contributed by atoms with Crippen LogP contribution in [0.2, 0.25) is 0 Å². The van der Waals surface area contributed by atoms with Crippen LogP contribution in [0.5, 0.6) is 11.5 Å². The van der Waals surface area contributed by atoms with Gasteiger partial charge in [-0.25, -0.2) is 0 Å². The number of nitrogens with two attached hydrogens (primary N) is 1. The van der Waals surface area contributed by atoms with Crippen LogP contribution in [-0.4, -0.2) is 13.7 Å². The van der Waals surface area contributed by atoms with Crippen LogP contribution in [0.3, 0.4) is 0 Å². The fourth-order valence-corrected chi connectivity index (χ4v) is 1.57. The maximum atomic E-state index is 8.83. The molecular formula is C10H10N2O2. The monoisotopic (exact) mass is 190 g/mol. The van der Waals surface area contributed by atoms with Gasteiger partial charge in [0, 0.05) is 5.56 Å². The molecule has 0 saturated heterocycles. The number of benzene rings is 1. The van der Waals surface area contributed by atoms with E-state index in [1.807, 2.05) is 12.1 Å². The van der Waals surface area contributed by atoms with E-state index in [0.29, 0.717) is 23.7 Å². The minimum absolute atomic E-state index is 0.119. The number of fused-ring (bicyclic) bond motifs is 1. The van der Waals surface area contributed by atoms with Crippen molar-refractivity contribution in [1.29, 1.82) is 5.26 Å². The van der Waals surface area contributed by atoms with Crippen molar-refractivity contribution in [1.82, 2.24) is 0 Å². The predicted octanol–water partition coefficient (Wildman–Crippen LogP) is 0.959.